The number of hydrogen-bond acceptors (Lipinski definition) is 5. The number of nitrogens with zero attached hydrogens (tertiary/aromatic N) is 2. The normalized spacial score (nSPS) is 12.1. The predicted molar refractivity (Wildman–Crippen MR) is 131 cm³/mol. The van der Waals surface area contributed by atoms with Crippen LogP contribution in [0.4, 0.5) is 5.69 Å². The lowest BCUT2D eigenvalue weighted by atomic mass is 10.1. The largest absolute Gasteiger partial charge is 0.454 e. The number of hydrogen-bond donors (Lipinski definition) is 1. The van der Waals surface area contributed by atoms with Crippen molar-refractivity contribution in [2.45, 2.75) is 12.1 Å². The number of imidazole rings is 1. The molecule has 0 atom stereocenters. The van der Waals surface area contributed by atoms with E-state index in [1.807, 2.05) is 48.0 Å². The number of nitrogens with one attached hydrogen (secondary N) is 1. The van der Waals surface area contributed by atoms with E-state index in [2.05, 4.69) is 17.4 Å². The van der Waals surface area contributed by atoms with Crippen molar-refractivity contribution in [1.82, 2.24) is 9.55 Å². The summed E-state index contributed by atoms with van der Waals surface area (Å²) in [5.41, 5.74) is 4.55. The van der Waals surface area contributed by atoms with Crippen LogP contribution in [0, 0.1) is 6.92 Å². The van der Waals surface area contributed by atoms with E-state index in [1.54, 1.807) is 24.3 Å². The number of fused-ring (bicyclic) bond motifs is 1. The maximum atomic E-state index is 12.5. The van der Waals surface area contributed by atoms with Crippen LogP contribution in [0.3, 0.4) is 0 Å². The molecule has 0 bridgehead atoms. The Kier molecular flexibility index (Phi) is 5.98. The molecule has 0 fully saturated rings. The Hall–Kier alpha value is -3.42. The second-order valence-electron chi connectivity index (χ2n) is 7.53. The quantitative estimate of drug-likeness (QED) is 0.347. The Bertz CT molecular complexity index is 1300. The summed E-state index contributed by atoms with van der Waals surface area (Å²) in [6.45, 7) is 2.27. The highest BCUT2D eigenvalue weighted by molar-refractivity contribution is 7.99. The summed E-state index contributed by atoms with van der Waals surface area (Å²) in [4.78, 5) is 17.4. The second-order valence-corrected chi connectivity index (χ2v) is 8.90. The van der Waals surface area contributed by atoms with Gasteiger partial charge in [0, 0.05) is 28.2 Å². The minimum absolute atomic E-state index is 0.120. The smallest absolute Gasteiger partial charge is 0.234 e. The van der Waals surface area contributed by atoms with Crippen LogP contribution in [0.25, 0.3) is 16.9 Å². The maximum Gasteiger partial charge on any atom is 0.234 e. The number of thioether (sulfide) groups is 1. The Morgan fingerprint density at radius 2 is 1.82 bits per heavy atom. The number of ether oxygens (including phenoxy) is 2. The molecular formula is C25H20ClN3O3S. The average molecular weight is 478 g/mol. The molecule has 1 aliphatic rings. The molecule has 6 nitrogen and oxygen atoms in total. The van der Waals surface area contributed by atoms with Gasteiger partial charge in [-0.15, -0.1) is 0 Å². The molecule has 0 unspecified atom stereocenters. The van der Waals surface area contributed by atoms with E-state index in [-0.39, 0.29) is 18.5 Å². The zero-order chi connectivity index (χ0) is 22.8. The van der Waals surface area contributed by atoms with Crippen molar-refractivity contribution in [2.75, 3.05) is 17.9 Å². The first-order valence-electron chi connectivity index (χ1n) is 10.3. The van der Waals surface area contributed by atoms with E-state index in [4.69, 9.17) is 26.1 Å². The number of carbonyl (C=O) groups excluding carboxylic acids is 1. The Balaban J connectivity index is 1.40. The number of carbonyl (C=O) groups is 1. The lowest BCUT2D eigenvalue weighted by molar-refractivity contribution is -0.113. The van der Waals surface area contributed by atoms with Crippen molar-refractivity contribution in [1.29, 1.82) is 0 Å². The van der Waals surface area contributed by atoms with Crippen LogP contribution in [0.1, 0.15) is 5.56 Å². The summed E-state index contributed by atoms with van der Waals surface area (Å²) in [5, 5.41) is 4.23. The highest BCUT2D eigenvalue weighted by Gasteiger charge is 2.18. The topological polar surface area (TPSA) is 65.4 Å². The summed E-state index contributed by atoms with van der Waals surface area (Å²) in [5.74, 6) is 1.52. The van der Waals surface area contributed by atoms with Crippen molar-refractivity contribution in [3.05, 3.63) is 83.5 Å². The van der Waals surface area contributed by atoms with Crippen LogP contribution in [0.15, 0.2) is 78.1 Å². The van der Waals surface area contributed by atoms with Gasteiger partial charge >= 0.3 is 0 Å². The standard InChI is InChI=1S/C25H20ClN3O3S/c1-16-2-9-20(10-3-16)29-13-21(17-4-11-22-23(12-17)32-15-31-22)28-25(29)33-14-24(30)27-19-7-5-18(26)6-8-19/h2-13H,14-15H2,1H3,(H,27,30). The van der Waals surface area contributed by atoms with E-state index in [1.165, 1.54) is 17.3 Å². The molecule has 33 heavy (non-hydrogen) atoms. The van der Waals surface area contributed by atoms with Gasteiger partial charge in [0.25, 0.3) is 0 Å². The van der Waals surface area contributed by atoms with Crippen molar-refractivity contribution >= 4 is 35.0 Å². The third kappa shape index (κ3) is 4.84. The fourth-order valence-corrected chi connectivity index (χ4v) is 4.33. The number of halogens is 1. The molecule has 0 saturated carbocycles. The van der Waals surface area contributed by atoms with Gasteiger partial charge < -0.3 is 14.8 Å². The zero-order valence-corrected chi connectivity index (χ0v) is 19.3. The molecule has 0 saturated heterocycles. The molecule has 4 aromatic rings. The molecule has 166 valence electrons. The van der Waals surface area contributed by atoms with Crippen LogP contribution >= 0.6 is 23.4 Å². The monoisotopic (exact) mass is 477 g/mol. The molecule has 1 amide bonds. The fourth-order valence-electron chi connectivity index (χ4n) is 3.41. The van der Waals surface area contributed by atoms with Crippen molar-refractivity contribution < 1.29 is 14.3 Å². The van der Waals surface area contributed by atoms with Crippen molar-refractivity contribution in [2.24, 2.45) is 0 Å². The Labute approximate surface area is 200 Å². The highest BCUT2D eigenvalue weighted by Crippen LogP contribution is 2.36. The summed E-state index contributed by atoms with van der Waals surface area (Å²) in [6, 6.07) is 21.0. The number of anilines is 1. The average Bonchev–Trinajstić information content (AvgIpc) is 3.46. The molecule has 2 heterocycles. The lowest BCUT2D eigenvalue weighted by Crippen LogP contribution is -2.14. The number of rotatable bonds is 6. The van der Waals surface area contributed by atoms with Crippen LogP contribution in [0.5, 0.6) is 11.5 Å². The van der Waals surface area contributed by atoms with E-state index < -0.39 is 0 Å². The summed E-state index contributed by atoms with van der Waals surface area (Å²) < 4.78 is 12.9. The Morgan fingerprint density at radius 3 is 2.61 bits per heavy atom. The first-order valence-corrected chi connectivity index (χ1v) is 11.7. The predicted octanol–water partition coefficient (Wildman–Crippen LogP) is 5.96. The molecule has 1 aliphatic heterocycles. The van der Waals surface area contributed by atoms with E-state index in [0.29, 0.717) is 16.5 Å². The maximum absolute atomic E-state index is 12.5. The van der Waals surface area contributed by atoms with Crippen LogP contribution in [-0.2, 0) is 4.79 Å². The Morgan fingerprint density at radius 1 is 1.06 bits per heavy atom. The minimum atomic E-state index is -0.120. The molecule has 8 heteroatoms. The molecule has 0 radical (unpaired) electrons. The number of benzene rings is 3. The van der Waals surface area contributed by atoms with Crippen LogP contribution in [0.2, 0.25) is 5.02 Å². The fraction of sp³-hybridized carbons (Fsp3) is 0.120. The van der Waals surface area contributed by atoms with Gasteiger partial charge in [0.15, 0.2) is 16.7 Å². The van der Waals surface area contributed by atoms with Gasteiger partial charge in [-0.3, -0.25) is 9.36 Å². The summed E-state index contributed by atoms with van der Waals surface area (Å²) >= 11 is 7.29. The van der Waals surface area contributed by atoms with Gasteiger partial charge in [-0.2, -0.15) is 0 Å². The molecule has 1 N–H and O–H groups in total. The lowest BCUT2D eigenvalue weighted by Gasteiger charge is -2.08. The van der Waals surface area contributed by atoms with Gasteiger partial charge in [-0.1, -0.05) is 41.1 Å². The first-order chi connectivity index (χ1) is 16.0. The third-order valence-electron chi connectivity index (χ3n) is 5.11. The van der Waals surface area contributed by atoms with Gasteiger partial charge in [0.05, 0.1) is 11.4 Å². The molecule has 5 rings (SSSR count). The number of aryl methyl sites for hydroxylation is 1. The van der Waals surface area contributed by atoms with Crippen molar-refractivity contribution in [3.63, 3.8) is 0 Å². The SMILES string of the molecule is Cc1ccc(-n2cc(-c3ccc4c(c3)OCO4)nc2SCC(=O)Nc2ccc(Cl)cc2)cc1. The van der Waals surface area contributed by atoms with E-state index in [9.17, 15) is 4.79 Å². The van der Waals surface area contributed by atoms with Gasteiger partial charge in [0.1, 0.15) is 0 Å². The molecule has 0 spiro atoms. The van der Waals surface area contributed by atoms with Gasteiger partial charge in [-0.05, 0) is 61.5 Å². The highest BCUT2D eigenvalue weighted by atomic mass is 35.5. The van der Waals surface area contributed by atoms with Crippen LogP contribution < -0.4 is 14.8 Å². The van der Waals surface area contributed by atoms with Crippen LogP contribution in [-0.4, -0.2) is 28.0 Å². The first kappa shape index (κ1) is 21.4. The molecule has 0 aliphatic carbocycles. The molecule has 3 aromatic carbocycles. The second kappa shape index (κ2) is 9.21. The number of aromatic nitrogens is 2. The van der Waals surface area contributed by atoms with E-state index in [0.717, 1.165) is 27.9 Å². The number of amides is 1. The molecular weight excluding hydrogens is 458 g/mol. The van der Waals surface area contributed by atoms with Gasteiger partial charge in [-0.25, -0.2) is 4.98 Å². The zero-order valence-electron chi connectivity index (χ0n) is 17.7. The third-order valence-corrected chi connectivity index (χ3v) is 6.32. The summed E-state index contributed by atoms with van der Waals surface area (Å²) in [7, 11) is 0. The van der Waals surface area contributed by atoms with Gasteiger partial charge in [0.2, 0.25) is 12.7 Å². The van der Waals surface area contributed by atoms with Crippen molar-refractivity contribution in [3.8, 4) is 28.4 Å². The minimum Gasteiger partial charge on any atom is -0.454 e. The van der Waals surface area contributed by atoms with E-state index >= 15 is 0 Å². The summed E-state index contributed by atoms with van der Waals surface area (Å²) in [6.07, 6.45) is 1.97. The molecule has 1 aromatic heterocycles.